The van der Waals surface area contributed by atoms with Crippen LogP contribution in [0, 0.1) is 5.92 Å². The van der Waals surface area contributed by atoms with Crippen LogP contribution in [0.15, 0.2) is 18.3 Å². The van der Waals surface area contributed by atoms with Crippen LogP contribution in [0.25, 0.3) is 0 Å². The standard InChI is InChI=1S/C20H29N7OS/c1-26-20(27-9-7-13(11-21)8-10-27)15(12-23-26)24-18(28)16-17(22)29-19(25-16)14-5-3-2-4-6-14/h3,5,12-14H,2,4,6-11,21-22H2,1H3,(H,24,28). The summed E-state index contributed by atoms with van der Waals surface area (Å²) in [5.74, 6) is 1.46. The molecule has 0 aromatic carbocycles. The van der Waals surface area contributed by atoms with E-state index in [1.54, 1.807) is 10.9 Å². The number of anilines is 3. The number of thiazole rings is 1. The van der Waals surface area contributed by atoms with Gasteiger partial charge in [0.05, 0.1) is 6.20 Å². The molecule has 156 valence electrons. The highest BCUT2D eigenvalue weighted by molar-refractivity contribution is 7.16. The number of nitrogens with two attached hydrogens (primary N) is 2. The summed E-state index contributed by atoms with van der Waals surface area (Å²) < 4.78 is 1.81. The summed E-state index contributed by atoms with van der Waals surface area (Å²) in [6.45, 7) is 2.53. The van der Waals surface area contributed by atoms with Crippen molar-refractivity contribution in [1.82, 2.24) is 14.8 Å². The highest BCUT2D eigenvalue weighted by Gasteiger charge is 2.26. The van der Waals surface area contributed by atoms with Gasteiger partial charge in [0, 0.05) is 26.1 Å². The number of hydrogen-bond acceptors (Lipinski definition) is 7. The smallest absolute Gasteiger partial charge is 0.277 e. The minimum absolute atomic E-state index is 0.260. The van der Waals surface area contributed by atoms with Gasteiger partial charge in [0.2, 0.25) is 0 Å². The Morgan fingerprint density at radius 1 is 1.34 bits per heavy atom. The Bertz CT molecular complexity index is 895. The van der Waals surface area contributed by atoms with E-state index in [4.69, 9.17) is 11.5 Å². The molecule has 8 nitrogen and oxygen atoms in total. The molecule has 1 unspecified atom stereocenters. The zero-order valence-corrected chi connectivity index (χ0v) is 17.6. The summed E-state index contributed by atoms with van der Waals surface area (Å²) >= 11 is 1.41. The first-order chi connectivity index (χ1) is 14.1. The molecule has 2 aliphatic rings. The molecular formula is C20H29N7OS. The van der Waals surface area contributed by atoms with Crippen molar-refractivity contribution in [2.24, 2.45) is 18.7 Å². The number of nitrogens with zero attached hydrogens (tertiary/aromatic N) is 4. The third-order valence-corrected chi connectivity index (χ3v) is 6.88. The maximum absolute atomic E-state index is 12.9. The lowest BCUT2D eigenvalue weighted by Gasteiger charge is -2.33. The highest BCUT2D eigenvalue weighted by atomic mass is 32.1. The number of amides is 1. The van der Waals surface area contributed by atoms with Crippen molar-refractivity contribution in [3.8, 4) is 0 Å². The molecular weight excluding hydrogens is 386 g/mol. The van der Waals surface area contributed by atoms with Crippen molar-refractivity contribution < 1.29 is 4.79 Å². The van der Waals surface area contributed by atoms with Crippen molar-refractivity contribution in [2.75, 3.05) is 35.6 Å². The number of aryl methyl sites for hydroxylation is 1. The lowest BCUT2D eigenvalue weighted by Crippen LogP contribution is -2.37. The van der Waals surface area contributed by atoms with E-state index in [1.807, 2.05) is 7.05 Å². The molecule has 1 fully saturated rings. The van der Waals surface area contributed by atoms with Gasteiger partial charge in [0.25, 0.3) is 5.91 Å². The van der Waals surface area contributed by atoms with Crippen molar-refractivity contribution in [3.05, 3.63) is 29.1 Å². The van der Waals surface area contributed by atoms with E-state index in [0.717, 1.165) is 62.6 Å². The molecule has 1 amide bonds. The Balaban J connectivity index is 1.50. The number of carbonyl (C=O) groups excluding carboxylic acids is 1. The van der Waals surface area contributed by atoms with Crippen molar-refractivity contribution in [2.45, 2.75) is 38.0 Å². The number of rotatable bonds is 5. The van der Waals surface area contributed by atoms with Crippen LogP contribution in [0.1, 0.15) is 53.5 Å². The monoisotopic (exact) mass is 415 g/mol. The van der Waals surface area contributed by atoms with Crippen LogP contribution in [0.3, 0.4) is 0 Å². The zero-order valence-electron chi connectivity index (χ0n) is 16.8. The molecule has 9 heteroatoms. The number of aromatic nitrogens is 3. The van der Waals surface area contributed by atoms with Gasteiger partial charge < -0.3 is 21.7 Å². The van der Waals surface area contributed by atoms with Gasteiger partial charge in [-0.05, 0) is 44.6 Å². The van der Waals surface area contributed by atoms with E-state index in [2.05, 4.69) is 32.5 Å². The lowest BCUT2D eigenvalue weighted by atomic mass is 9.97. The number of piperidine rings is 1. The Labute approximate surface area is 175 Å². The topological polar surface area (TPSA) is 115 Å². The number of carbonyl (C=O) groups is 1. The summed E-state index contributed by atoms with van der Waals surface area (Å²) in [7, 11) is 1.89. The minimum Gasteiger partial charge on any atom is -0.389 e. The predicted molar refractivity (Wildman–Crippen MR) is 117 cm³/mol. The Kier molecular flexibility index (Phi) is 5.86. The van der Waals surface area contributed by atoms with E-state index >= 15 is 0 Å². The summed E-state index contributed by atoms with van der Waals surface area (Å²) in [6, 6.07) is 0. The summed E-state index contributed by atoms with van der Waals surface area (Å²) in [5.41, 5.74) is 13.0. The molecule has 1 saturated heterocycles. The summed E-state index contributed by atoms with van der Waals surface area (Å²) in [4.78, 5) is 19.8. The summed E-state index contributed by atoms with van der Waals surface area (Å²) in [5, 5.41) is 8.72. The van der Waals surface area contributed by atoms with Crippen molar-refractivity contribution in [1.29, 1.82) is 0 Å². The van der Waals surface area contributed by atoms with Crippen LogP contribution in [-0.4, -0.2) is 40.3 Å². The Hall–Kier alpha value is -2.39. The van der Waals surface area contributed by atoms with Crippen LogP contribution in [0.4, 0.5) is 16.5 Å². The largest absolute Gasteiger partial charge is 0.389 e. The second-order valence-corrected chi connectivity index (χ2v) is 8.92. The minimum atomic E-state index is -0.282. The Morgan fingerprint density at radius 2 is 2.14 bits per heavy atom. The number of nitrogen functional groups attached to an aromatic ring is 1. The van der Waals surface area contributed by atoms with Gasteiger partial charge in [-0.2, -0.15) is 5.10 Å². The summed E-state index contributed by atoms with van der Waals surface area (Å²) in [6.07, 6.45) is 11.4. The highest BCUT2D eigenvalue weighted by Crippen LogP contribution is 2.34. The molecule has 5 N–H and O–H groups in total. The van der Waals surface area contributed by atoms with Gasteiger partial charge in [-0.3, -0.25) is 9.48 Å². The van der Waals surface area contributed by atoms with Gasteiger partial charge in [-0.15, -0.1) is 11.3 Å². The quantitative estimate of drug-likeness (QED) is 0.647. The fourth-order valence-corrected chi connectivity index (χ4v) is 5.09. The SMILES string of the molecule is Cn1ncc(NC(=O)c2nc(C3C=CCCC3)sc2N)c1N1CCC(CN)CC1. The van der Waals surface area contributed by atoms with E-state index in [-0.39, 0.29) is 11.8 Å². The third-order valence-electron chi connectivity index (χ3n) is 5.86. The average molecular weight is 416 g/mol. The van der Waals surface area contributed by atoms with Crippen LogP contribution in [-0.2, 0) is 7.05 Å². The predicted octanol–water partition coefficient (Wildman–Crippen LogP) is 2.71. The molecule has 0 radical (unpaired) electrons. The maximum Gasteiger partial charge on any atom is 0.277 e. The molecule has 0 bridgehead atoms. The van der Waals surface area contributed by atoms with Crippen LogP contribution < -0.4 is 21.7 Å². The van der Waals surface area contributed by atoms with E-state index in [1.165, 1.54) is 11.3 Å². The van der Waals surface area contributed by atoms with Crippen LogP contribution in [0.5, 0.6) is 0 Å². The molecule has 2 aromatic rings. The second kappa shape index (κ2) is 8.54. The van der Waals surface area contributed by atoms with Gasteiger partial charge in [0.15, 0.2) is 11.5 Å². The number of hydrogen-bond donors (Lipinski definition) is 3. The fourth-order valence-electron chi connectivity index (χ4n) is 4.14. The first-order valence-electron chi connectivity index (χ1n) is 10.3. The molecule has 3 heterocycles. The van der Waals surface area contributed by atoms with Gasteiger partial charge in [-0.25, -0.2) is 4.98 Å². The molecule has 29 heavy (non-hydrogen) atoms. The average Bonchev–Trinajstić information content (AvgIpc) is 3.31. The van der Waals surface area contributed by atoms with Crippen LogP contribution >= 0.6 is 11.3 Å². The first-order valence-corrected chi connectivity index (χ1v) is 11.1. The first kappa shape index (κ1) is 19.9. The number of nitrogens with one attached hydrogen (secondary N) is 1. The lowest BCUT2D eigenvalue weighted by molar-refractivity contribution is 0.102. The van der Waals surface area contributed by atoms with Crippen LogP contribution in [0.2, 0.25) is 0 Å². The molecule has 0 spiro atoms. The molecule has 4 rings (SSSR count). The maximum atomic E-state index is 12.9. The normalized spacial score (nSPS) is 20.2. The fraction of sp³-hybridized carbons (Fsp3) is 0.550. The van der Waals surface area contributed by atoms with Gasteiger partial charge >= 0.3 is 0 Å². The molecule has 2 aromatic heterocycles. The van der Waals surface area contributed by atoms with Gasteiger partial charge in [-0.1, -0.05) is 12.2 Å². The number of allylic oxidation sites excluding steroid dienone is 2. The third kappa shape index (κ3) is 4.16. The molecule has 1 aliphatic carbocycles. The zero-order chi connectivity index (χ0) is 20.4. The Morgan fingerprint density at radius 3 is 2.83 bits per heavy atom. The van der Waals surface area contributed by atoms with Gasteiger partial charge in [0.1, 0.15) is 15.7 Å². The van der Waals surface area contributed by atoms with E-state index < -0.39 is 0 Å². The molecule has 0 saturated carbocycles. The van der Waals surface area contributed by atoms with Crippen molar-refractivity contribution in [3.63, 3.8) is 0 Å². The molecule has 1 atom stereocenters. The van der Waals surface area contributed by atoms with Crippen molar-refractivity contribution >= 4 is 33.8 Å². The van der Waals surface area contributed by atoms with E-state index in [9.17, 15) is 4.79 Å². The van der Waals surface area contributed by atoms with E-state index in [0.29, 0.717) is 22.3 Å². The second-order valence-electron chi connectivity index (χ2n) is 7.86. The molecule has 1 aliphatic heterocycles.